The van der Waals surface area contributed by atoms with Gasteiger partial charge in [0.05, 0.1) is 5.56 Å². The molecular formula is C25H28F4N8O2. The van der Waals surface area contributed by atoms with E-state index in [2.05, 4.69) is 20.1 Å². The number of rotatable bonds is 7. The molecule has 39 heavy (non-hydrogen) atoms. The minimum Gasteiger partial charge on any atom is -0.339 e. The molecule has 2 unspecified atom stereocenters. The summed E-state index contributed by atoms with van der Waals surface area (Å²) in [6.07, 6.45) is 1.29. The zero-order valence-corrected chi connectivity index (χ0v) is 21.2. The second-order valence-electron chi connectivity index (χ2n) is 9.66. The summed E-state index contributed by atoms with van der Waals surface area (Å²) in [6.45, 7) is 3.95. The molecule has 4 heterocycles. The van der Waals surface area contributed by atoms with Crippen LogP contribution in [-0.2, 0) is 0 Å². The number of nitrogens with zero attached hydrogens (tertiary/aromatic N) is 7. The van der Waals surface area contributed by atoms with Gasteiger partial charge in [-0.15, -0.1) is 0 Å². The lowest BCUT2D eigenvalue weighted by Gasteiger charge is -2.37. The third-order valence-corrected chi connectivity index (χ3v) is 7.29. The SMILES string of the molecule is CCN(C(=O)c1cnc(N2CC(N)C(c3cc(F)ccc3F)C2)nc1)C1CCN(c2nc(C(F)F)no2)CC1. The van der Waals surface area contributed by atoms with Crippen molar-refractivity contribution in [3.63, 3.8) is 0 Å². The van der Waals surface area contributed by atoms with Crippen LogP contribution in [0.4, 0.5) is 29.5 Å². The number of carbonyl (C=O) groups excluding carboxylic acids is 1. The zero-order valence-electron chi connectivity index (χ0n) is 21.2. The van der Waals surface area contributed by atoms with Gasteiger partial charge in [0.15, 0.2) is 0 Å². The van der Waals surface area contributed by atoms with E-state index in [9.17, 15) is 22.4 Å². The maximum Gasteiger partial charge on any atom is 0.324 e. The van der Waals surface area contributed by atoms with Crippen LogP contribution in [0.2, 0.25) is 0 Å². The number of halogens is 4. The summed E-state index contributed by atoms with van der Waals surface area (Å²) < 4.78 is 58.5. The highest BCUT2D eigenvalue weighted by Gasteiger charge is 2.35. The third kappa shape index (κ3) is 5.51. The lowest BCUT2D eigenvalue weighted by molar-refractivity contribution is 0.0661. The van der Waals surface area contributed by atoms with Crippen molar-refractivity contribution in [3.05, 3.63) is 59.2 Å². The van der Waals surface area contributed by atoms with Gasteiger partial charge in [-0.2, -0.15) is 4.98 Å². The summed E-state index contributed by atoms with van der Waals surface area (Å²) in [4.78, 5) is 31.0. The van der Waals surface area contributed by atoms with E-state index in [1.54, 1.807) is 14.7 Å². The molecule has 208 valence electrons. The van der Waals surface area contributed by atoms with Crippen LogP contribution in [0.1, 0.15) is 53.9 Å². The van der Waals surface area contributed by atoms with Crippen LogP contribution in [0.5, 0.6) is 0 Å². The summed E-state index contributed by atoms with van der Waals surface area (Å²) in [5.74, 6) is -1.99. The van der Waals surface area contributed by atoms with Gasteiger partial charge in [0.25, 0.3) is 5.91 Å². The summed E-state index contributed by atoms with van der Waals surface area (Å²) in [5.41, 5.74) is 6.78. The highest BCUT2D eigenvalue weighted by Crippen LogP contribution is 2.31. The number of aromatic nitrogens is 4. The quantitative estimate of drug-likeness (QED) is 0.445. The fourth-order valence-electron chi connectivity index (χ4n) is 5.26. The molecule has 2 aromatic heterocycles. The largest absolute Gasteiger partial charge is 0.339 e. The molecule has 10 nitrogen and oxygen atoms in total. The maximum absolute atomic E-state index is 14.3. The number of benzene rings is 1. The highest BCUT2D eigenvalue weighted by molar-refractivity contribution is 5.94. The monoisotopic (exact) mass is 548 g/mol. The predicted molar refractivity (Wildman–Crippen MR) is 133 cm³/mol. The minimum atomic E-state index is -2.80. The van der Waals surface area contributed by atoms with E-state index < -0.39 is 35.8 Å². The summed E-state index contributed by atoms with van der Waals surface area (Å²) in [7, 11) is 0. The fourth-order valence-corrected chi connectivity index (χ4v) is 5.26. The van der Waals surface area contributed by atoms with E-state index in [4.69, 9.17) is 10.3 Å². The number of amides is 1. The van der Waals surface area contributed by atoms with Gasteiger partial charge in [0.1, 0.15) is 11.6 Å². The van der Waals surface area contributed by atoms with Crippen LogP contribution in [0, 0.1) is 11.6 Å². The topological polar surface area (TPSA) is 118 Å². The van der Waals surface area contributed by atoms with Gasteiger partial charge in [-0.05, 0) is 43.5 Å². The number of piperidine rings is 1. The van der Waals surface area contributed by atoms with Crippen LogP contribution >= 0.6 is 0 Å². The maximum atomic E-state index is 14.3. The summed E-state index contributed by atoms with van der Waals surface area (Å²) in [6, 6.07) is 2.85. The summed E-state index contributed by atoms with van der Waals surface area (Å²) in [5, 5.41) is 3.30. The molecule has 2 saturated heterocycles. The molecule has 0 saturated carbocycles. The third-order valence-electron chi connectivity index (χ3n) is 7.29. The molecule has 3 aromatic rings. The van der Waals surface area contributed by atoms with Crippen LogP contribution < -0.4 is 15.5 Å². The first-order valence-corrected chi connectivity index (χ1v) is 12.7. The molecule has 2 aliphatic heterocycles. The molecule has 2 aliphatic rings. The van der Waals surface area contributed by atoms with Crippen LogP contribution in [-0.4, -0.2) is 75.7 Å². The highest BCUT2D eigenvalue weighted by atomic mass is 19.3. The van der Waals surface area contributed by atoms with Crippen molar-refractivity contribution in [1.29, 1.82) is 0 Å². The van der Waals surface area contributed by atoms with Gasteiger partial charge < -0.3 is 25.0 Å². The molecule has 0 radical (unpaired) electrons. The van der Waals surface area contributed by atoms with E-state index in [1.165, 1.54) is 18.5 Å². The van der Waals surface area contributed by atoms with Crippen LogP contribution in [0.15, 0.2) is 35.1 Å². The zero-order chi connectivity index (χ0) is 27.7. The molecule has 0 spiro atoms. The normalized spacial score (nSPS) is 20.2. The predicted octanol–water partition coefficient (Wildman–Crippen LogP) is 3.14. The first kappa shape index (κ1) is 26.8. The molecule has 2 atom stereocenters. The van der Waals surface area contributed by atoms with E-state index in [0.29, 0.717) is 57.1 Å². The lowest BCUT2D eigenvalue weighted by atomic mass is 9.94. The number of hydrogen-bond acceptors (Lipinski definition) is 9. The van der Waals surface area contributed by atoms with Gasteiger partial charge in [-0.25, -0.2) is 27.5 Å². The Bertz CT molecular complexity index is 1300. The molecule has 0 bridgehead atoms. The van der Waals surface area contributed by atoms with Gasteiger partial charge in [0.2, 0.25) is 11.8 Å². The Labute approximate surface area is 221 Å². The fraction of sp³-hybridized carbons (Fsp3) is 0.480. The first-order valence-electron chi connectivity index (χ1n) is 12.7. The second kappa shape index (κ2) is 11.1. The van der Waals surface area contributed by atoms with Gasteiger partial charge >= 0.3 is 12.4 Å². The minimum absolute atomic E-state index is 0.0473. The van der Waals surface area contributed by atoms with Gasteiger partial charge in [-0.1, -0.05) is 5.16 Å². The van der Waals surface area contributed by atoms with Crippen LogP contribution in [0.25, 0.3) is 0 Å². The summed E-state index contributed by atoms with van der Waals surface area (Å²) >= 11 is 0. The Kier molecular flexibility index (Phi) is 7.64. The molecule has 2 N–H and O–H groups in total. The van der Waals surface area contributed by atoms with Crippen molar-refractivity contribution in [2.24, 2.45) is 5.73 Å². The molecule has 14 heteroatoms. The Hall–Kier alpha value is -3.81. The van der Waals surface area contributed by atoms with Crippen molar-refractivity contribution < 1.29 is 26.9 Å². The van der Waals surface area contributed by atoms with E-state index in [0.717, 1.165) is 12.1 Å². The van der Waals surface area contributed by atoms with Gasteiger partial charge in [0, 0.05) is 63.1 Å². The average molecular weight is 549 g/mol. The van der Waals surface area contributed by atoms with Crippen molar-refractivity contribution in [1.82, 2.24) is 25.0 Å². The number of alkyl halides is 2. The second-order valence-corrected chi connectivity index (χ2v) is 9.66. The molecule has 0 aliphatic carbocycles. The molecule has 2 fully saturated rings. The van der Waals surface area contributed by atoms with Crippen LogP contribution in [0.3, 0.4) is 0 Å². The number of hydrogen-bond donors (Lipinski definition) is 1. The number of anilines is 2. The molecule has 5 rings (SSSR count). The van der Waals surface area contributed by atoms with Crippen molar-refractivity contribution >= 4 is 17.9 Å². The average Bonchev–Trinajstić information content (AvgIpc) is 3.59. The molecular weight excluding hydrogens is 520 g/mol. The Balaban J connectivity index is 1.21. The standard InChI is InChI=1S/C25H28F4N8O2/c1-2-37(16-5-7-35(8-6-16)25-33-22(21(28)29)34-39-25)23(38)14-10-31-24(32-11-14)36-12-18(20(30)13-36)17-9-15(26)3-4-19(17)27/h3-4,9-11,16,18,20-21H,2,5-8,12-13,30H2,1H3. The Morgan fingerprint density at radius 1 is 1.15 bits per heavy atom. The Morgan fingerprint density at radius 2 is 1.87 bits per heavy atom. The van der Waals surface area contributed by atoms with Crippen molar-refractivity contribution in [3.8, 4) is 0 Å². The van der Waals surface area contributed by atoms with E-state index in [-0.39, 0.29) is 23.5 Å². The van der Waals surface area contributed by atoms with Crippen molar-refractivity contribution in [2.45, 2.75) is 44.2 Å². The lowest BCUT2D eigenvalue weighted by Crippen LogP contribution is -2.47. The van der Waals surface area contributed by atoms with E-state index in [1.807, 2.05) is 6.92 Å². The smallest absolute Gasteiger partial charge is 0.324 e. The molecule has 1 aromatic carbocycles. The first-order chi connectivity index (χ1) is 18.7. The number of carbonyl (C=O) groups is 1. The van der Waals surface area contributed by atoms with Gasteiger partial charge in [-0.3, -0.25) is 4.79 Å². The van der Waals surface area contributed by atoms with Crippen molar-refractivity contribution in [2.75, 3.05) is 42.5 Å². The molecule has 1 amide bonds. The number of nitrogens with two attached hydrogens (primary N) is 1. The van der Waals surface area contributed by atoms with E-state index >= 15 is 0 Å². The Morgan fingerprint density at radius 3 is 2.51 bits per heavy atom.